The van der Waals surface area contributed by atoms with Gasteiger partial charge in [-0.3, -0.25) is 4.79 Å². The number of pyridine rings is 1. The van der Waals surface area contributed by atoms with Gasteiger partial charge in [-0.2, -0.15) is 0 Å². The number of hydrogen-bond donors (Lipinski definition) is 1. The zero-order valence-corrected chi connectivity index (χ0v) is 9.84. The van der Waals surface area contributed by atoms with Crippen molar-refractivity contribution in [1.29, 1.82) is 0 Å². The van der Waals surface area contributed by atoms with Crippen LogP contribution in [0.25, 0.3) is 10.8 Å². The van der Waals surface area contributed by atoms with Crippen molar-refractivity contribution in [3.05, 3.63) is 40.1 Å². The second-order valence-corrected chi connectivity index (χ2v) is 3.73. The van der Waals surface area contributed by atoms with Crippen LogP contribution in [0.2, 0.25) is 0 Å². The lowest BCUT2D eigenvalue weighted by atomic mass is 10.1. The first-order valence-electron chi connectivity index (χ1n) is 5.64. The average molecular weight is 235 g/mol. The van der Waals surface area contributed by atoms with E-state index in [1.807, 2.05) is 13.8 Å². The molecule has 0 atom stereocenters. The molecule has 1 heterocycles. The summed E-state index contributed by atoms with van der Waals surface area (Å²) < 4.78 is 19.4. The number of hydrogen-bond acceptors (Lipinski definition) is 2. The van der Waals surface area contributed by atoms with E-state index in [2.05, 4.69) is 4.98 Å². The number of nitrogens with one attached hydrogen (secondary N) is 1. The zero-order chi connectivity index (χ0) is 12.4. The SMILES string of the molecule is CCOc1c[nH]c(=O)c2c(F)c(CC)ccc12. The van der Waals surface area contributed by atoms with Crippen LogP contribution in [0.15, 0.2) is 23.1 Å². The van der Waals surface area contributed by atoms with Gasteiger partial charge in [-0.15, -0.1) is 0 Å². The maximum atomic E-state index is 14.1. The third-order valence-electron chi connectivity index (χ3n) is 2.73. The Morgan fingerprint density at radius 1 is 1.35 bits per heavy atom. The van der Waals surface area contributed by atoms with Crippen molar-refractivity contribution in [3.63, 3.8) is 0 Å². The molecule has 1 aromatic heterocycles. The van der Waals surface area contributed by atoms with Gasteiger partial charge in [0, 0.05) is 11.6 Å². The quantitative estimate of drug-likeness (QED) is 0.888. The monoisotopic (exact) mass is 235 g/mol. The molecule has 0 radical (unpaired) electrons. The molecule has 4 heteroatoms. The standard InChI is InChI=1S/C13H14FNO2/c1-3-8-5-6-9-10(17-4-2)7-15-13(16)11(9)12(8)14/h5-7H,3-4H2,1-2H3,(H,15,16). The van der Waals surface area contributed by atoms with Crippen LogP contribution in [-0.2, 0) is 6.42 Å². The minimum atomic E-state index is -0.451. The first-order chi connectivity index (χ1) is 8.19. The molecule has 1 N–H and O–H groups in total. The van der Waals surface area contributed by atoms with Crippen LogP contribution in [0, 0.1) is 5.82 Å². The van der Waals surface area contributed by atoms with Gasteiger partial charge in [-0.05, 0) is 25.0 Å². The van der Waals surface area contributed by atoms with Gasteiger partial charge in [0.1, 0.15) is 11.6 Å². The average Bonchev–Trinajstić information content (AvgIpc) is 2.33. The van der Waals surface area contributed by atoms with E-state index in [-0.39, 0.29) is 5.39 Å². The van der Waals surface area contributed by atoms with Crippen LogP contribution in [0.5, 0.6) is 5.75 Å². The number of ether oxygens (including phenoxy) is 1. The number of aromatic nitrogens is 1. The van der Waals surface area contributed by atoms with Crippen molar-refractivity contribution >= 4 is 10.8 Å². The highest BCUT2D eigenvalue weighted by atomic mass is 19.1. The molecule has 2 aromatic rings. The zero-order valence-electron chi connectivity index (χ0n) is 9.84. The van der Waals surface area contributed by atoms with Gasteiger partial charge >= 0.3 is 0 Å². The largest absolute Gasteiger partial charge is 0.492 e. The molecule has 0 amide bonds. The molecule has 2 rings (SSSR count). The molecular weight excluding hydrogens is 221 g/mol. The van der Waals surface area contributed by atoms with Gasteiger partial charge < -0.3 is 9.72 Å². The van der Waals surface area contributed by atoms with E-state index in [0.29, 0.717) is 29.7 Å². The molecule has 0 aliphatic rings. The normalized spacial score (nSPS) is 10.8. The first kappa shape index (κ1) is 11.6. The molecule has 0 aliphatic carbocycles. The molecule has 0 fully saturated rings. The van der Waals surface area contributed by atoms with Crippen LogP contribution >= 0.6 is 0 Å². The number of aromatic amines is 1. The van der Waals surface area contributed by atoms with Crippen LogP contribution in [0.3, 0.4) is 0 Å². The fourth-order valence-corrected chi connectivity index (χ4v) is 1.88. The first-order valence-corrected chi connectivity index (χ1v) is 5.64. The molecular formula is C13H14FNO2. The Morgan fingerprint density at radius 2 is 2.12 bits per heavy atom. The van der Waals surface area contributed by atoms with E-state index in [1.54, 1.807) is 12.1 Å². The van der Waals surface area contributed by atoms with E-state index in [1.165, 1.54) is 6.20 Å². The van der Waals surface area contributed by atoms with Gasteiger partial charge in [0.05, 0.1) is 12.0 Å². The van der Waals surface area contributed by atoms with Gasteiger partial charge in [0.25, 0.3) is 5.56 Å². The summed E-state index contributed by atoms with van der Waals surface area (Å²) in [4.78, 5) is 14.2. The third-order valence-corrected chi connectivity index (χ3v) is 2.73. The van der Waals surface area contributed by atoms with Crippen molar-refractivity contribution < 1.29 is 9.13 Å². The molecule has 90 valence electrons. The van der Waals surface area contributed by atoms with Gasteiger partial charge in [-0.1, -0.05) is 13.0 Å². The second-order valence-electron chi connectivity index (χ2n) is 3.73. The lowest BCUT2D eigenvalue weighted by molar-refractivity contribution is 0.343. The highest BCUT2D eigenvalue weighted by Gasteiger charge is 2.12. The Bertz CT molecular complexity index is 604. The Morgan fingerprint density at radius 3 is 2.76 bits per heavy atom. The number of halogens is 1. The Labute approximate surface area is 98.2 Å². The van der Waals surface area contributed by atoms with Crippen LogP contribution < -0.4 is 10.3 Å². The van der Waals surface area contributed by atoms with Crippen molar-refractivity contribution in [1.82, 2.24) is 4.98 Å². The lowest BCUT2D eigenvalue weighted by Crippen LogP contribution is -2.10. The summed E-state index contributed by atoms with van der Waals surface area (Å²) >= 11 is 0. The maximum absolute atomic E-state index is 14.1. The lowest BCUT2D eigenvalue weighted by Gasteiger charge is -2.09. The Balaban J connectivity index is 2.82. The fraction of sp³-hybridized carbons (Fsp3) is 0.308. The molecule has 0 unspecified atom stereocenters. The molecule has 0 spiro atoms. The number of H-pyrrole nitrogens is 1. The van der Waals surface area contributed by atoms with E-state index >= 15 is 0 Å². The van der Waals surface area contributed by atoms with E-state index < -0.39 is 11.4 Å². The topological polar surface area (TPSA) is 42.1 Å². The van der Waals surface area contributed by atoms with Crippen LogP contribution in [-0.4, -0.2) is 11.6 Å². The summed E-state index contributed by atoms with van der Waals surface area (Å²) in [7, 11) is 0. The minimum absolute atomic E-state index is 0.0790. The predicted octanol–water partition coefficient (Wildman–Crippen LogP) is 2.63. The summed E-state index contributed by atoms with van der Waals surface area (Å²) in [5.41, 5.74) is 0.118. The Kier molecular flexibility index (Phi) is 3.13. The van der Waals surface area contributed by atoms with Crippen LogP contribution in [0.4, 0.5) is 4.39 Å². The molecule has 0 aliphatic heterocycles. The number of benzene rings is 1. The van der Waals surface area contributed by atoms with E-state index in [0.717, 1.165) is 0 Å². The molecule has 17 heavy (non-hydrogen) atoms. The molecule has 1 aromatic carbocycles. The van der Waals surface area contributed by atoms with E-state index in [9.17, 15) is 9.18 Å². The highest BCUT2D eigenvalue weighted by Crippen LogP contribution is 2.26. The highest BCUT2D eigenvalue weighted by molar-refractivity contribution is 5.88. The van der Waals surface area contributed by atoms with Gasteiger partial charge in [0.15, 0.2) is 0 Å². The Hall–Kier alpha value is -1.84. The van der Waals surface area contributed by atoms with E-state index in [4.69, 9.17) is 4.74 Å². The van der Waals surface area contributed by atoms with Crippen LogP contribution in [0.1, 0.15) is 19.4 Å². The minimum Gasteiger partial charge on any atom is -0.492 e. The molecule has 3 nitrogen and oxygen atoms in total. The van der Waals surface area contributed by atoms with Crippen molar-refractivity contribution in [2.75, 3.05) is 6.61 Å². The summed E-state index contributed by atoms with van der Waals surface area (Å²) in [6, 6.07) is 3.43. The summed E-state index contributed by atoms with van der Waals surface area (Å²) in [5.74, 6) is 0.0523. The number of fused-ring (bicyclic) bond motifs is 1. The summed E-state index contributed by atoms with van der Waals surface area (Å²) in [6.45, 7) is 4.16. The van der Waals surface area contributed by atoms with Gasteiger partial charge in [-0.25, -0.2) is 4.39 Å². The molecule has 0 saturated heterocycles. The smallest absolute Gasteiger partial charge is 0.259 e. The fourth-order valence-electron chi connectivity index (χ4n) is 1.88. The molecule has 0 bridgehead atoms. The van der Waals surface area contributed by atoms with Crippen molar-refractivity contribution in [2.24, 2.45) is 0 Å². The molecule has 0 saturated carbocycles. The van der Waals surface area contributed by atoms with Crippen molar-refractivity contribution in [2.45, 2.75) is 20.3 Å². The number of aryl methyl sites for hydroxylation is 1. The third kappa shape index (κ3) is 1.90. The predicted molar refractivity (Wildman–Crippen MR) is 65.1 cm³/mol. The number of rotatable bonds is 3. The van der Waals surface area contributed by atoms with Gasteiger partial charge in [0.2, 0.25) is 0 Å². The summed E-state index contributed by atoms with van der Waals surface area (Å²) in [5, 5.41) is 0.598. The van der Waals surface area contributed by atoms with Crippen molar-refractivity contribution in [3.8, 4) is 5.75 Å². The summed E-state index contributed by atoms with van der Waals surface area (Å²) in [6.07, 6.45) is 2.03. The maximum Gasteiger partial charge on any atom is 0.259 e. The second kappa shape index (κ2) is 4.57.